The van der Waals surface area contributed by atoms with Gasteiger partial charge in [-0.3, -0.25) is 0 Å². The summed E-state index contributed by atoms with van der Waals surface area (Å²) in [6.45, 7) is 2.33. The Hall–Kier alpha value is -3.10. The average Bonchev–Trinajstić information content (AvgIpc) is 3.35. The van der Waals surface area contributed by atoms with Gasteiger partial charge in [0.05, 0.1) is 0 Å². The van der Waals surface area contributed by atoms with Crippen molar-refractivity contribution in [3.05, 3.63) is 83.9 Å². The molecule has 1 aliphatic carbocycles. The number of thiophene rings is 1. The number of hydrogen-bond donors (Lipinski definition) is 0. The molecule has 1 unspecified atom stereocenters. The van der Waals surface area contributed by atoms with Crippen LogP contribution in [-0.4, -0.2) is 0 Å². The van der Waals surface area contributed by atoms with E-state index in [1.165, 1.54) is 53.2 Å². The summed E-state index contributed by atoms with van der Waals surface area (Å²) in [5.41, 5.74) is 7.49. The number of hydrogen-bond acceptors (Lipinski definition) is 2. The standard InChI is InChI=1S/C26H16OS/c1-14-17-10-21-15-6-2-4-8-23(15)27-24(21)12-19(17)20-13-26-22(11-18(14)20)16-7-3-5-9-25(16)28-26/h2-14H,1H3. The Morgan fingerprint density at radius 2 is 1.36 bits per heavy atom. The lowest BCUT2D eigenvalue weighted by molar-refractivity contribution is 0.669. The van der Waals surface area contributed by atoms with Crippen LogP contribution in [0.15, 0.2) is 77.2 Å². The molecule has 0 saturated heterocycles. The molecule has 1 atom stereocenters. The molecule has 0 saturated carbocycles. The third-order valence-electron chi connectivity index (χ3n) is 6.32. The summed E-state index contributed by atoms with van der Waals surface area (Å²) in [7, 11) is 0. The Kier molecular flexibility index (Phi) is 2.68. The summed E-state index contributed by atoms with van der Waals surface area (Å²) in [4.78, 5) is 0. The van der Waals surface area contributed by atoms with Gasteiger partial charge in [0.25, 0.3) is 0 Å². The lowest BCUT2D eigenvalue weighted by atomic mass is 9.97. The van der Waals surface area contributed by atoms with E-state index in [0.29, 0.717) is 5.92 Å². The van der Waals surface area contributed by atoms with Gasteiger partial charge in [0.1, 0.15) is 11.2 Å². The topological polar surface area (TPSA) is 13.1 Å². The lowest BCUT2D eigenvalue weighted by Crippen LogP contribution is -1.89. The van der Waals surface area contributed by atoms with Crippen LogP contribution in [0.25, 0.3) is 53.2 Å². The van der Waals surface area contributed by atoms with Gasteiger partial charge in [0, 0.05) is 36.9 Å². The van der Waals surface area contributed by atoms with E-state index in [1.807, 2.05) is 17.4 Å². The molecule has 1 nitrogen and oxygen atoms in total. The van der Waals surface area contributed by atoms with Crippen molar-refractivity contribution >= 4 is 53.4 Å². The quantitative estimate of drug-likeness (QED) is 0.261. The molecule has 2 heteroatoms. The van der Waals surface area contributed by atoms with Crippen LogP contribution in [0.4, 0.5) is 0 Å². The first-order valence-electron chi connectivity index (χ1n) is 9.69. The largest absolute Gasteiger partial charge is 0.456 e. The maximum absolute atomic E-state index is 6.17. The van der Waals surface area contributed by atoms with Crippen LogP contribution in [0.5, 0.6) is 0 Å². The summed E-state index contributed by atoms with van der Waals surface area (Å²) in [5, 5.41) is 5.18. The van der Waals surface area contributed by atoms with Gasteiger partial charge in [0.2, 0.25) is 0 Å². The van der Waals surface area contributed by atoms with Crippen LogP contribution in [-0.2, 0) is 0 Å². The molecule has 0 aliphatic heterocycles. The first-order valence-corrected chi connectivity index (χ1v) is 10.5. The van der Waals surface area contributed by atoms with E-state index < -0.39 is 0 Å². The Labute approximate surface area is 165 Å². The second-order valence-electron chi connectivity index (χ2n) is 7.79. The second-order valence-corrected chi connectivity index (χ2v) is 8.87. The molecule has 0 spiro atoms. The minimum atomic E-state index is 0.395. The highest BCUT2D eigenvalue weighted by Gasteiger charge is 2.28. The van der Waals surface area contributed by atoms with Crippen molar-refractivity contribution in [2.24, 2.45) is 0 Å². The van der Waals surface area contributed by atoms with Gasteiger partial charge in [-0.1, -0.05) is 43.3 Å². The molecule has 7 rings (SSSR count). The summed E-state index contributed by atoms with van der Waals surface area (Å²) >= 11 is 1.89. The maximum Gasteiger partial charge on any atom is 0.136 e. The van der Waals surface area contributed by atoms with Gasteiger partial charge in [-0.2, -0.15) is 0 Å². The van der Waals surface area contributed by atoms with Gasteiger partial charge in [-0.15, -0.1) is 11.3 Å². The van der Waals surface area contributed by atoms with Crippen molar-refractivity contribution in [1.82, 2.24) is 0 Å². The molecule has 132 valence electrons. The minimum Gasteiger partial charge on any atom is -0.456 e. The van der Waals surface area contributed by atoms with E-state index in [1.54, 1.807) is 0 Å². The fraction of sp³-hybridized carbons (Fsp3) is 0.0769. The second kappa shape index (κ2) is 5.03. The van der Waals surface area contributed by atoms with Crippen LogP contribution >= 0.6 is 11.3 Å². The predicted molar refractivity (Wildman–Crippen MR) is 120 cm³/mol. The zero-order chi connectivity index (χ0) is 18.4. The highest BCUT2D eigenvalue weighted by molar-refractivity contribution is 7.25. The zero-order valence-electron chi connectivity index (χ0n) is 15.3. The number of para-hydroxylation sites is 1. The van der Waals surface area contributed by atoms with Crippen LogP contribution in [0.1, 0.15) is 24.0 Å². The Balaban J connectivity index is 1.57. The molecule has 4 aromatic carbocycles. The third-order valence-corrected chi connectivity index (χ3v) is 7.45. The van der Waals surface area contributed by atoms with Crippen LogP contribution in [0.3, 0.4) is 0 Å². The number of rotatable bonds is 0. The molecule has 2 aromatic heterocycles. The van der Waals surface area contributed by atoms with Crippen molar-refractivity contribution in [1.29, 1.82) is 0 Å². The first-order chi connectivity index (χ1) is 13.8. The number of fused-ring (bicyclic) bond motifs is 9. The van der Waals surface area contributed by atoms with Gasteiger partial charge >= 0.3 is 0 Å². The molecule has 6 aromatic rings. The van der Waals surface area contributed by atoms with Crippen molar-refractivity contribution in [2.45, 2.75) is 12.8 Å². The van der Waals surface area contributed by atoms with E-state index in [2.05, 4.69) is 73.7 Å². The molecular formula is C26H16OS. The van der Waals surface area contributed by atoms with E-state index in [-0.39, 0.29) is 0 Å². The van der Waals surface area contributed by atoms with Crippen molar-refractivity contribution < 1.29 is 4.42 Å². The highest BCUT2D eigenvalue weighted by Crippen LogP contribution is 2.50. The molecular weight excluding hydrogens is 360 g/mol. The van der Waals surface area contributed by atoms with Gasteiger partial charge in [0.15, 0.2) is 0 Å². The van der Waals surface area contributed by atoms with E-state index in [0.717, 1.165) is 11.2 Å². The average molecular weight is 376 g/mol. The molecule has 0 amide bonds. The number of furan rings is 1. The van der Waals surface area contributed by atoms with Crippen molar-refractivity contribution in [2.75, 3.05) is 0 Å². The third kappa shape index (κ3) is 1.76. The van der Waals surface area contributed by atoms with E-state index in [9.17, 15) is 0 Å². The zero-order valence-corrected chi connectivity index (χ0v) is 16.1. The normalized spacial score (nSPS) is 15.7. The van der Waals surface area contributed by atoms with Crippen molar-refractivity contribution in [3.63, 3.8) is 0 Å². The summed E-state index contributed by atoms with van der Waals surface area (Å²) < 4.78 is 8.89. The summed E-state index contributed by atoms with van der Waals surface area (Å²) in [6, 6.07) is 26.5. The Bertz CT molecular complexity index is 1460. The summed E-state index contributed by atoms with van der Waals surface area (Å²) in [6.07, 6.45) is 0. The smallest absolute Gasteiger partial charge is 0.136 e. The lowest BCUT2D eigenvalue weighted by Gasteiger charge is -2.06. The SMILES string of the molecule is CC1c2cc3c(cc2-c2cc4sc5ccccc5c4cc21)oc1ccccc13. The first kappa shape index (κ1) is 14.9. The fourth-order valence-corrected chi connectivity index (χ4v) is 6.05. The fourth-order valence-electron chi connectivity index (χ4n) is 4.93. The molecule has 0 radical (unpaired) electrons. The number of benzene rings is 4. The van der Waals surface area contributed by atoms with Gasteiger partial charge in [-0.25, -0.2) is 0 Å². The Morgan fingerprint density at radius 3 is 2.25 bits per heavy atom. The molecule has 0 fully saturated rings. The molecule has 0 N–H and O–H groups in total. The highest BCUT2D eigenvalue weighted by atomic mass is 32.1. The van der Waals surface area contributed by atoms with E-state index >= 15 is 0 Å². The molecule has 28 heavy (non-hydrogen) atoms. The maximum atomic E-state index is 6.17. The van der Waals surface area contributed by atoms with Gasteiger partial charge in [-0.05, 0) is 58.7 Å². The molecule has 2 heterocycles. The van der Waals surface area contributed by atoms with Crippen LogP contribution < -0.4 is 0 Å². The Morgan fingerprint density at radius 1 is 0.643 bits per heavy atom. The van der Waals surface area contributed by atoms with Crippen LogP contribution in [0.2, 0.25) is 0 Å². The minimum absolute atomic E-state index is 0.395. The van der Waals surface area contributed by atoms with Crippen LogP contribution in [0, 0.1) is 0 Å². The monoisotopic (exact) mass is 376 g/mol. The summed E-state index contributed by atoms with van der Waals surface area (Å²) in [5.74, 6) is 0.395. The van der Waals surface area contributed by atoms with Crippen molar-refractivity contribution in [3.8, 4) is 11.1 Å². The molecule has 0 bridgehead atoms. The van der Waals surface area contributed by atoms with Gasteiger partial charge < -0.3 is 4.42 Å². The van der Waals surface area contributed by atoms with E-state index in [4.69, 9.17) is 4.42 Å². The predicted octanol–water partition coefficient (Wildman–Crippen LogP) is 8.09. The molecule has 1 aliphatic rings.